The predicted octanol–water partition coefficient (Wildman–Crippen LogP) is 13.1. The van der Waals surface area contributed by atoms with Crippen molar-refractivity contribution >= 4 is 60.7 Å². The number of hydrogen-bond acceptors (Lipinski definition) is 4. The lowest BCUT2D eigenvalue weighted by molar-refractivity contribution is 0.590. The number of para-hydroxylation sites is 2. The molecule has 57 heavy (non-hydrogen) atoms. The van der Waals surface area contributed by atoms with E-state index in [1.807, 2.05) is 48.5 Å². The van der Waals surface area contributed by atoms with E-state index in [-0.39, 0.29) is 10.8 Å². The minimum absolute atomic E-state index is 0.0329. The summed E-state index contributed by atoms with van der Waals surface area (Å²) in [7, 11) is 0. The molecule has 276 valence electrons. The lowest BCUT2D eigenvalue weighted by atomic mass is 9.85. The molecule has 3 aromatic heterocycles. The molecule has 9 aromatic rings. The van der Waals surface area contributed by atoms with Gasteiger partial charge in [-0.2, -0.15) is 10.5 Å². The third-order valence-corrected chi connectivity index (χ3v) is 11.1. The second-order valence-electron chi connectivity index (χ2n) is 16.9. The average molecular weight is 739 g/mol. The quantitative estimate of drug-likeness (QED) is 0.176. The normalized spacial score (nSPS) is 12.0. The van der Waals surface area contributed by atoms with Crippen molar-refractivity contribution in [2.45, 2.75) is 52.4 Å². The van der Waals surface area contributed by atoms with Crippen molar-refractivity contribution in [1.29, 1.82) is 10.5 Å². The van der Waals surface area contributed by atoms with E-state index in [1.54, 1.807) is 0 Å². The second kappa shape index (κ2) is 13.3. The summed E-state index contributed by atoms with van der Waals surface area (Å²) in [6, 6.07) is 54.8. The standard InChI is InChI=1S/C51H42N6/c1-50(2,3)35-19-25-46-42(27-35)43-28-36(51(4,5)6)20-26-47(43)57(46)49-30-39(55(37-21-15-33(31-52)16-22-37)38-23-17-34(32-53)18-24-38)29-48(54-49)56-44-13-9-7-11-40(44)41-12-8-10-14-45(41)56/h7-30H,1-6H3. The van der Waals surface area contributed by atoms with Crippen molar-refractivity contribution in [1.82, 2.24) is 14.1 Å². The lowest BCUT2D eigenvalue weighted by Crippen LogP contribution is -2.13. The number of hydrogen-bond donors (Lipinski definition) is 0. The fourth-order valence-corrected chi connectivity index (χ4v) is 8.04. The number of nitrogens with zero attached hydrogens (tertiary/aromatic N) is 6. The number of nitriles is 2. The van der Waals surface area contributed by atoms with E-state index >= 15 is 0 Å². The summed E-state index contributed by atoms with van der Waals surface area (Å²) in [5.74, 6) is 1.53. The van der Waals surface area contributed by atoms with Crippen LogP contribution in [0.1, 0.15) is 63.8 Å². The SMILES string of the molecule is CC(C)(C)c1ccc2c(c1)c1cc(C(C)(C)C)ccc1n2-c1cc(N(c2ccc(C#N)cc2)c2ccc(C#N)cc2)cc(-n2c3ccccc3c3ccccc32)n1. The van der Waals surface area contributed by atoms with E-state index < -0.39 is 0 Å². The Morgan fingerprint density at radius 2 is 0.825 bits per heavy atom. The van der Waals surface area contributed by atoms with Gasteiger partial charge in [0.25, 0.3) is 0 Å². The summed E-state index contributed by atoms with van der Waals surface area (Å²) in [4.78, 5) is 7.77. The minimum atomic E-state index is -0.0329. The van der Waals surface area contributed by atoms with Crippen LogP contribution in [0.4, 0.5) is 17.1 Å². The van der Waals surface area contributed by atoms with Gasteiger partial charge < -0.3 is 4.90 Å². The first-order valence-corrected chi connectivity index (χ1v) is 19.3. The summed E-state index contributed by atoms with van der Waals surface area (Å²) < 4.78 is 4.57. The molecule has 0 N–H and O–H groups in total. The van der Waals surface area contributed by atoms with Crippen molar-refractivity contribution in [2.24, 2.45) is 0 Å². The maximum atomic E-state index is 9.70. The molecule has 0 fully saturated rings. The molecule has 0 unspecified atom stereocenters. The fraction of sp³-hybridized carbons (Fsp3) is 0.157. The van der Waals surface area contributed by atoms with E-state index in [0.717, 1.165) is 61.5 Å². The topological polar surface area (TPSA) is 73.6 Å². The molecule has 3 heterocycles. The van der Waals surface area contributed by atoms with Gasteiger partial charge in [0.15, 0.2) is 0 Å². The summed E-state index contributed by atoms with van der Waals surface area (Å²) in [5, 5.41) is 24.1. The maximum absolute atomic E-state index is 9.70. The molecular weight excluding hydrogens is 697 g/mol. The van der Waals surface area contributed by atoms with Gasteiger partial charge in [-0.15, -0.1) is 0 Å². The van der Waals surface area contributed by atoms with Crippen molar-refractivity contribution in [3.63, 3.8) is 0 Å². The van der Waals surface area contributed by atoms with Gasteiger partial charge in [-0.05, 0) is 107 Å². The van der Waals surface area contributed by atoms with Gasteiger partial charge in [-0.1, -0.05) is 90.1 Å². The van der Waals surface area contributed by atoms with Gasteiger partial charge in [-0.25, -0.2) is 4.98 Å². The molecule has 0 atom stereocenters. The van der Waals surface area contributed by atoms with Crippen LogP contribution in [0.25, 0.3) is 55.2 Å². The molecule has 6 nitrogen and oxygen atoms in total. The van der Waals surface area contributed by atoms with Crippen molar-refractivity contribution < 1.29 is 0 Å². The molecule has 0 spiro atoms. The van der Waals surface area contributed by atoms with Crippen LogP contribution in [0.3, 0.4) is 0 Å². The fourth-order valence-electron chi connectivity index (χ4n) is 8.04. The highest BCUT2D eigenvalue weighted by Gasteiger charge is 2.24. The smallest absolute Gasteiger partial charge is 0.142 e. The summed E-state index contributed by atoms with van der Waals surface area (Å²) in [5.41, 5.74) is 10.5. The van der Waals surface area contributed by atoms with Gasteiger partial charge in [0.05, 0.1) is 51.0 Å². The van der Waals surface area contributed by atoms with Crippen LogP contribution in [0.5, 0.6) is 0 Å². The third-order valence-electron chi connectivity index (χ3n) is 11.1. The van der Waals surface area contributed by atoms with Gasteiger partial charge in [0.1, 0.15) is 11.6 Å². The Balaban J connectivity index is 1.41. The number of benzene rings is 6. The van der Waals surface area contributed by atoms with Crippen LogP contribution in [0.15, 0.2) is 146 Å². The predicted molar refractivity (Wildman–Crippen MR) is 234 cm³/mol. The highest BCUT2D eigenvalue weighted by atomic mass is 15.2. The minimum Gasteiger partial charge on any atom is -0.310 e. The molecule has 0 radical (unpaired) electrons. The Morgan fingerprint density at radius 3 is 1.21 bits per heavy atom. The Bertz CT molecular complexity index is 2920. The van der Waals surface area contributed by atoms with Gasteiger partial charge in [0, 0.05) is 45.1 Å². The highest BCUT2D eigenvalue weighted by molar-refractivity contribution is 6.11. The van der Waals surface area contributed by atoms with E-state index in [9.17, 15) is 10.5 Å². The first-order valence-electron chi connectivity index (χ1n) is 19.3. The molecule has 6 heteroatoms. The molecule has 0 bridgehead atoms. The van der Waals surface area contributed by atoms with E-state index in [0.29, 0.717) is 11.1 Å². The third kappa shape index (κ3) is 6.08. The van der Waals surface area contributed by atoms with E-state index in [1.165, 1.54) is 21.9 Å². The Labute approximate surface area is 333 Å². The van der Waals surface area contributed by atoms with Gasteiger partial charge in [-0.3, -0.25) is 9.13 Å². The zero-order valence-corrected chi connectivity index (χ0v) is 33.0. The van der Waals surface area contributed by atoms with Crippen LogP contribution in [0.2, 0.25) is 0 Å². The first kappa shape index (κ1) is 35.5. The maximum Gasteiger partial charge on any atom is 0.142 e. The number of pyridine rings is 1. The summed E-state index contributed by atoms with van der Waals surface area (Å²) in [6.45, 7) is 13.6. The van der Waals surface area contributed by atoms with E-state index in [4.69, 9.17) is 4.98 Å². The van der Waals surface area contributed by atoms with Crippen LogP contribution in [-0.4, -0.2) is 14.1 Å². The zero-order chi connectivity index (χ0) is 39.6. The number of aromatic nitrogens is 3. The van der Waals surface area contributed by atoms with Gasteiger partial charge >= 0.3 is 0 Å². The molecule has 0 aliphatic rings. The molecule has 0 saturated carbocycles. The summed E-state index contributed by atoms with van der Waals surface area (Å²) in [6.07, 6.45) is 0. The monoisotopic (exact) mass is 738 g/mol. The second-order valence-corrected chi connectivity index (χ2v) is 16.9. The molecule has 6 aromatic carbocycles. The molecule has 0 saturated heterocycles. The average Bonchev–Trinajstić information content (AvgIpc) is 3.73. The summed E-state index contributed by atoms with van der Waals surface area (Å²) >= 11 is 0. The van der Waals surface area contributed by atoms with Crippen molar-refractivity contribution in [3.05, 3.63) is 168 Å². The Hall–Kier alpha value is -7.15. The highest BCUT2D eigenvalue weighted by Crippen LogP contribution is 2.42. The number of rotatable bonds is 5. The van der Waals surface area contributed by atoms with Crippen molar-refractivity contribution in [3.8, 4) is 23.8 Å². The van der Waals surface area contributed by atoms with Gasteiger partial charge in [0.2, 0.25) is 0 Å². The zero-order valence-electron chi connectivity index (χ0n) is 33.0. The first-order chi connectivity index (χ1) is 27.4. The molecule has 0 amide bonds. The van der Waals surface area contributed by atoms with E-state index in [2.05, 4.69) is 165 Å². The molecule has 9 rings (SSSR count). The Morgan fingerprint density at radius 1 is 0.439 bits per heavy atom. The van der Waals surface area contributed by atoms with Crippen LogP contribution >= 0.6 is 0 Å². The van der Waals surface area contributed by atoms with Crippen LogP contribution in [-0.2, 0) is 10.8 Å². The van der Waals surface area contributed by atoms with Crippen LogP contribution in [0, 0.1) is 22.7 Å². The number of anilines is 3. The molecular formula is C51H42N6. The lowest BCUT2D eigenvalue weighted by Gasteiger charge is -2.27. The largest absolute Gasteiger partial charge is 0.310 e. The Kier molecular flexibility index (Phi) is 8.27. The van der Waals surface area contributed by atoms with Crippen molar-refractivity contribution in [2.75, 3.05) is 4.90 Å². The molecule has 0 aliphatic carbocycles. The number of fused-ring (bicyclic) bond motifs is 6. The van der Waals surface area contributed by atoms with Crippen LogP contribution < -0.4 is 4.90 Å². The molecule has 0 aliphatic heterocycles.